The predicted molar refractivity (Wildman–Crippen MR) is 75.4 cm³/mol. The largest absolute Gasteiger partial charge is 0.475 e. The van der Waals surface area contributed by atoms with E-state index in [1.165, 1.54) is 32.1 Å². The maximum Gasteiger partial charge on any atom is 0.256 e. The zero-order valence-corrected chi connectivity index (χ0v) is 11.8. The van der Waals surface area contributed by atoms with Gasteiger partial charge in [-0.25, -0.2) is 0 Å². The topological polar surface area (TPSA) is 62.3 Å². The van der Waals surface area contributed by atoms with Crippen molar-refractivity contribution in [2.75, 3.05) is 25.6 Å². The van der Waals surface area contributed by atoms with Crippen molar-refractivity contribution in [3.63, 3.8) is 0 Å². The SMILES string of the molecule is CCOCCCOc1nn(C2CCCCC2)cc1N. The maximum atomic E-state index is 5.95. The van der Waals surface area contributed by atoms with Gasteiger partial charge in [0.25, 0.3) is 5.88 Å². The van der Waals surface area contributed by atoms with E-state index >= 15 is 0 Å². The Morgan fingerprint density at radius 2 is 2.11 bits per heavy atom. The third kappa shape index (κ3) is 4.13. The smallest absolute Gasteiger partial charge is 0.256 e. The van der Waals surface area contributed by atoms with Crippen LogP contribution in [0.15, 0.2) is 6.20 Å². The van der Waals surface area contributed by atoms with Gasteiger partial charge in [-0.2, -0.15) is 0 Å². The van der Waals surface area contributed by atoms with Gasteiger partial charge in [0, 0.05) is 19.6 Å². The first-order valence-electron chi connectivity index (χ1n) is 7.36. The molecule has 0 aromatic carbocycles. The lowest BCUT2D eigenvalue weighted by Crippen LogP contribution is -2.13. The minimum Gasteiger partial charge on any atom is -0.475 e. The van der Waals surface area contributed by atoms with Crippen LogP contribution in [0, 0.1) is 0 Å². The standard InChI is InChI=1S/C14H25N3O2/c1-2-18-9-6-10-19-14-13(15)11-17(16-14)12-7-4-3-5-8-12/h11-12H,2-10,15H2,1H3. The van der Waals surface area contributed by atoms with Crippen molar-refractivity contribution in [3.8, 4) is 5.88 Å². The van der Waals surface area contributed by atoms with E-state index in [0.717, 1.165) is 19.6 Å². The molecule has 0 amide bonds. The molecule has 0 saturated heterocycles. The fourth-order valence-corrected chi connectivity index (χ4v) is 2.51. The lowest BCUT2D eigenvalue weighted by Gasteiger charge is -2.21. The Hall–Kier alpha value is -1.23. The molecule has 5 heteroatoms. The minimum absolute atomic E-state index is 0.497. The Morgan fingerprint density at radius 3 is 2.84 bits per heavy atom. The van der Waals surface area contributed by atoms with Crippen LogP contribution in [0.3, 0.4) is 0 Å². The summed E-state index contributed by atoms with van der Waals surface area (Å²) in [6, 6.07) is 0.497. The van der Waals surface area contributed by atoms with E-state index in [1.807, 2.05) is 17.8 Å². The van der Waals surface area contributed by atoms with Gasteiger partial charge in [0.1, 0.15) is 5.69 Å². The fourth-order valence-electron chi connectivity index (χ4n) is 2.51. The summed E-state index contributed by atoms with van der Waals surface area (Å²) in [6.07, 6.45) is 9.09. The van der Waals surface area contributed by atoms with E-state index in [-0.39, 0.29) is 0 Å². The van der Waals surface area contributed by atoms with Crippen molar-refractivity contribution >= 4 is 5.69 Å². The van der Waals surface area contributed by atoms with Crippen LogP contribution in [0.4, 0.5) is 5.69 Å². The molecule has 0 atom stereocenters. The molecule has 0 bridgehead atoms. The highest BCUT2D eigenvalue weighted by Crippen LogP contribution is 2.30. The summed E-state index contributed by atoms with van der Waals surface area (Å²) in [7, 11) is 0. The molecule has 1 aliphatic carbocycles. The van der Waals surface area contributed by atoms with Gasteiger partial charge in [0.2, 0.25) is 0 Å². The summed E-state index contributed by atoms with van der Waals surface area (Å²) in [6.45, 7) is 4.06. The molecular formula is C14H25N3O2. The summed E-state index contributed by atoms with van der Waals surface area (Å²) in [5.74, 6) is 0.571. The number of nitrogen functional groups attached to an aromatic ring is 1. The molecule has 2 rings (SSSR count). The van der Waals surface area contributed by atoms with E-state index < -0.39 is 0 Å². The highest BCUT2D eigenvalue weighted by atomic mass is 16.5. The number of hydrogen-bond donors (Lipinski definition) is 1. The third-order valence-corrected chi connectivity index (χ3v) is 3.55. The van der Waals surface area contributed by atoms with Crippen LogP contribution >= 0.6 is 0 Å². The zero-order valence-electron chi connectivity index (χ0n) is 11.8. The van der Waals surface area contributed by atoms with Crippen molar-refractivity contribution in [2.45, 2.75) is 51.5 Å². The number of hydrogen-bond acceptors (Lipinski definition) is 4. The molecule has 0 unspecified atom stereocenters. The summed E-state index contributed by atoms with van der Waals surface area (Å²) >= 11 is 0. The Kier molecular flexibility index (Phi) is 5.51. The molecule has 1 aromatic heterocycles. The summed E-state index contributed by atoms with van der Waals surface area (Å²) in [5, 5.41) is 4.48. The molecule has 0 radical (unpaired) electrons. The van der Waals surface area contributed by atoms with Crippen LogP contribution in [0.25, 0.3) is 0 Å². The average molecular weight is 267 g/mol. The molecule has 1 aliphatic rings. The lowest BCUT2D eigenvalue weighted by atomic mass is 9.96. The summed E-state index contributed by atoms with van der Waals surface area (Å²) in [5.41, 5.74) is 6.59. The monoisotopic (exact) mass is 267 g/mol. The van der Waals surface area contributed by atoms with Crippen molar-refractivity contribution < 1.29 is 9.47 Å². The van der Waals surface area contributed by atoms with E-state index in [4.69, 9.17) is 15.2 Å². The van der Waals surface area contributed by atoms with E-state index in [9.17, 15) is 0 Å². The van der Waals surface area contributed by atoms with Crippen molar-refractivity contribution in [2.24, 2.45) is 0 Å². The molecule has 19 heavy (non-hydrogen) atoms. The predicted octanol–water partition coefficient (Wildman–Crippen LogP) is 2.78. The summed E-state index contributed by atoms with van der Waals surface area (Å²) in [4.78, 5) is 0. The Bertz CT molecular complexity index is 373. The van der Waals surface area contributed by atoms with E-state index in [1.54, 1.807) is 0 Å². The minimum atomic E-state index is 0.497. The molecule has 0 aliphatic heterocycles. The molecule has 1 aromatic rings. The number of aromatic nitrogens is 2. The number of nitrogens with zero attached hydrogens (tertiary/aromatic N) is 2. The molecule has 1 fully saturated rings. The lowest BCUT2D eigenvalue weighted by molar-refractivity contribution is 0.130. The van der Waals surface area contributed by atoms with Crippen molar-refractivity contribution in [1.29, 1.82) is 0 Å². The van der Waals surface area contributed by atoms with Crippen LogP contribution in [0.2, 0.25) is 0 Å². The third-order valence-electron chi connectivity index (χ3n) is 3.55. The molecule has 1 saturated carbocycles. The molecule has 108 valence electrons. The second-order valence-corrected chi connectivity index (χ2v) is 5.06. The van der Waals surface area contributed by atoms with Crippen LogP contribution < -0.4 is 10.5 Å². The number of rotatable bonds is 7. The quantitative estimate of drug-likeness (QED) is 0.772. The average Bonchev–Trinajstić information content (AvgIpc) is 2.81. The summed E-state index contributed by atoms with van der Waals surface area (Å²) < 4.78 is 12.9. The Labute approximate surface area is 115 Å². The van der Waals surface area contributed by atoms with Gasteiger partial charge in [-0.3, -0.25) is 4.68 Å². The Balaban J connectivity index is 1.82. The molecule has 5 nitrogen and oxygen atoms in total. The molecule has 0 spiro atoms. The second-order valence-electron chi connectivity index (χ2n) is 5.06. The number of ether oxygens (including phenoxy) is 2. The van der Waals surface area contributed by atoms with Gasteiger partial charge >= 0.3 is 0 Å². The first kappa shape index (κ1) is 14.2. The zero-order chi connectivity index (χ0) is 13.5. The van der Waals surface area contributed by atoms with Gasteiger partial charge in [-0.15, -0.1) is 5.10 Å². The first-order valence-corrected chi connectivity index (χ1v) is 7.36. The molecule has 2 N–H and O–H groups in total. The first-order chi connectivity index (χ1) is 9.31. The molecule has 1 heterocycles. The highest BCUT2D eigenvalue weighted by Gasteiger charge is 2.18. The highest BCUT2D eigenvalue weighted by molar-refractivity contribution is 5.45. The van der Waals surface area contributed by atoms with Crippen LogP contribution in [0.5, 0.6) is 5.88 Å². The van der Waals surface area contributed by atoms with Crippen LogP contribution in [0.1, 0.15) is 51.5 Å². The van der Waals surface area contributed by atoms with Crippen molar-refractivity contribution in [3.05, 3.63) is 6.20 Å². The normalized spacial score (nSPS) is 16.7. The van der Waals surface area contributed by atoms with Gasteiger partial charge in [0.15, 0.2) is 0 Å². The van der Waals surface area contributed by atoms with Gasteiger partial charge < -0.3 is 15.2 Å². The fraction of sp³-hybridized carbons (Fsp3) is 0.786. The van der Waals surface area contributed by atoms with Crippen LogP contribution in [-0.4, -0.2) is 29.6 Å². The van der Waals surface area contributed by atoms with E-state index in [2.05, 4.69) is 5.10 Å². The maximum absolute atomic E-state index is 5.95. The number of nitrogens with two attached hydrogens (primary N) is 1. The van der Waals surface area contributed by atoms with Gasteiger partial charge in [0.05, 0.1) is 18.8 Å². The number of anilines is 1. The van der Waals surface area contributed by atoms with Crippen LogP contribution in [-0.2, 0) is 4.74 Å². The second kappa shape index (κ2) is 7.38. The van der Waals surface area contributed by atoms with Crippen molar-refractivity contribution in [1.82, 2.24) is 9.78 Å². The van der Waals surface area contributed by atoms with E-state index in [0.29, 0.717) is 24.2 Å². The Morgan fingerprint density at radius 1 is 1.32 bits per heavy atom. The van der Waals surface area contributed by atoms with Gasteiger partial charge in [-0.1, -0.05) is 19.3 Å². The van der Waals surface area contributed by atoms with Gasteiger partial charge in [-0.05, 0) is 19.8 Å². The molecular weight excluding hydrogens is 242 g/mol.